The molecule has 3 heterocycles. The van der Waals surface area contributed by atoms with Gasteiger partial charge in [0.1, 0.15) is 0 Å². The number of urea groups is 1. The first-order chi connectivity index (χ1) is 16.1. The molecule has 1 unspecified atom stereocenters. The highest BCUT2D eigenvalue weighted by Crippen LogP contribution is 2.35. The van der Waals surface area contributed by atoms with Crippen molar-refractivity contribution in [3.8, 4) is 0 Å². The maximum atomic E-state index is 13.3. The Morgan fingerprint density at radius 2 is 2.03 bits per heavy atom. The molecule has 176 valence electrons. The fourth-order valence-corrected chi connectivity index (χ4v) is 4.79. The topological polar surface area (TPSA) is 80.8 Å². The number of amides is 3. The van der Waals surface area contributed by atoms with Gasteiger partial charge in [-0.15, -0.1) is 0 Å². The van der Waals surface area contributed by atoms with Crippen LogP contribution in [0, 0.1) is 5.92 Å². The van der Waals surface area contributed by atoms with Gasteiger partial charge in [-0.05, 0) is 62.7 Å². The van der Waals surface area contributed by atoms with Crippen LogP contribution in [0.3, 0.4) is 0 Å². The molecule has 2 aliphatic rings. The molecule has 2 aromatic rings. The molecule has 8 heteroatoms. The molecule has 0 saturated carbocycles. The van der Waals surface area contributed by atoms with Crippen molar-refractivity contribution in [3.05, 3.63) is 48.2 Å². The number of hydrogen-bond acceptors (Lipinski definition) is 5. The summed E-state index contributed by atoms with van der Waals surface area (Å²) in [4.78, 5) is 36.9. The zero-order valence-electron chi connectivity index (χ0n) is 19.6. The highest BCUT2D eigenvalue weighted by atomic mass is 16.2. The highest BCUT2D eigenvalue weighted by molar-refractivity contribution is 6.16. The Bertz CT molecular complexity index is 977. The van der Waals surface area contributed by atoms with E-state index in [1.54, 1.807) is 36.5 Å². The standard InChI is InChI=1S/C25H34N6O2/c1-3-29(4-2)17-19-9-8-15-30(18-19)16-14-27-25(33)31-22-12-6-5-10-20(22)24(32)28-21-11-7-13-26-23(21)31/h5-7,10-13,19H,3-4,8-9,14-18H2,1-2H3,(H,27,33)(H,28,32). The lowest BCUT2D eigenvalue weighted by atomic mass is 9.97. The third kappa shape index (κ3) is 5.34. The van der Waals surface area contributed by atoms with E-state index in [0.29, 0.717) is 35.2 Å². The summed E-state index contributed by atoms with van der Waals surface area (Å²) in [6.45, 7) is 11.3. The van der Waals surface area contributed by atoms with Gasteiger partial charge in [0, 0.05) is 32.4 Å². The Balaban J connectivity index is 1.42. The summed E-state index contributed by atoms with van der Waals surface area (Å²) in [6.07, 6.45) is 4.10. The number of anilines is 3. The molecule has 1 aromatic carbocycles. The number of rotatable bonds is 7. The molecule has 0 spiro atoms. The summed E-state index contributed by atoms with van der Waals surface area (Å²) in [6, 6.07) is 10.3. The monoisotopic (exact) mass is 450 g/mol. The first kappa shape index (κ1) is 23.2. The molecule has 1 aromatic heterocycles. The van der Waals surface area contributed by atoms with Gasteiger partial charge in [0.05, 0.1) is 16.9 Å². The Hall–Kier alpha value is -2.97. The van der Waals surface area contributed by atoms with Gasteiger partial charge in [0.25, 0.3) is 5.91 Å². The molecule has 4 rings (SSSR count). The SMILES string of the molecule is CCN(CC)CC1CCCN(CCNC(=O)N2c3ccccc3C(=O)Nc3cccnc32)C1. The summed E-state index contributed by atoms with van der Waals surface area (Å²) in [5.41, 5.74) is 1.49. The zero-order chi connectivity index (χ0) is 23.2. The molecule has 1 fully saturated rings. The minimum absolute atomic E-state index is 0.247. The van der Waals surface area contributed by atoms with E-state index in [1.807, 2.05) is 6.07 Å². The lowest BCUT2D eigenvalue weighted by Crippen LogP contribution is -2.45. The number of carbonyl (C=O) groups excluding carboxylic acids is 2. The molecule has 1 saturated heterocycles. The summed E-state index contributed by atoms with van der Waals surface area (Å²) in [5, 5.41) is 5.92. The summed E-state index contributed by atoms with van der Waals surface area (Å²) in [5.74, 6) is 0.855. The number of piperidine rings is 1. The molecule has 1 atom stereocenters. The van der Waals surface area contributed by atoms with E-state index in [1.165, 1.54) is 17.7 Å². The quantitative estimate of drug-likeness (QED) is 0.674. The van der Waals surface area contributed by atoms with Crippen molar-refractivity contribution in [2.75, 3.05) is 56.0 Å². The fraction of sp³-hybridized carbons (Fsp3) is 0.480. The van der Waals surface area contributed by atoms with Gasteiger partial charge in [-0.25, -0.2) is 14.7 Å². The number of hydrogen-bond donors (Lipinski definition) is 2. The zero-order valence-corrected chi connectivity index (χ0v) is 19.6. The van der Waals surface area contributed by atoms with Crippen LogP contribution < -0.4 is 15.5 Å². The number of benzene rings is 1. The average molecular weight is 451 g/mol. The van der Waals surface area contributed by atoms with Crippen LogP contribution in [0.1, 0.15) is 37.0 Å². The van der Waals surface area contributed by atoms with Crippen molar-refractivity contribution >= 4 is 29.1 Å². The molecule has 33 heavy (non-hydrogen) atoms. The number of pyridine rings is 1. The molecule has 0 aliphatic carbocycles. The van der Waals surface area contributed by atoms with Gasteiger partial charge in [-0.1, -0.05) is 26.0 Å². The summed E-state index contributed by atoms with van der Waals surface area (Å²) < 4.78 is 0. The third-order valence-corrected chi connectivity index (χ3v) is 6.56. The van der Waals surface area contributed by atoms with Crippen LogP contribution in [0.25, 0.3) is 0 Å². The Morgan fingerprint density at radius 3 is 2.85 bits per heavy atom. The van der Waals surface area contributed by atoms with Gasteiger partial charge < -0.3 is 20.4 Å². The molecule has 0 bridgehead atoms. The Morgan fingerprint density at radius 1 is 1.21 bits per heavy atom. The normalized spacial score (nSPS) is 18.3. The molecular weight excluding hydrogens is 416 g/mol. The molecule has 3 amide bonds. The Labute approximate surface area is 196 Å². The minimum Gasteiger partial charge on any atom is -0.336 e. The highest BCUT2D eigenvalue weighted by Gasteiger charge is 2.30. The second-order valence-corrected chi connectivity index (χ2v) is 8.71. The van der Waals surface area contributed by atoms with Crippen LogP contribution in [-0.2, 0) is 0 Å². The van der Waals surface area contributed by atoms with E-state index in [9.17, 15) is 9.59 Å². The van der Waals surface area contributed by atoms with Gasteiger partial charge >= 0.3 is 6.03 Å². The van der Waals surface area contributed by atoms with Crippen molar-refractivity contribution in [2.45, 2.75) is 26.7 Å². The number of carbonyl (C=O) groups is 2. The van der Waals surface area contributed by atoms with E-state index < -0.39 is 0 Å². The van der Waals surface area contributed by atoms with E-state index in [4.69, 9.17) is 0 Å². The second kappa shape index (κ2) is 10.8. The average Bonchev–Trinajstić information content (AvgIpc) is 2.96. The van der Waals surface area contributed by atoms with Crippen LogP contribution in [0.2, 0.25) is 0 Å². The molecule has 2 aliphatic heterocycles. The first-order valence-electron chi connectivity index (χ1n) is 12.0. The van der Waals surface area contributed by atoms with Crippen molar-refractivity contribution in [2.24, 2.45) is 5.92 Å². The number of fused-ring (bicyclic) bond motifs is 2. The number of nitrogens with one attached hydrogen (secondary N) is 2. The van der Waals surface area contributed by atoms with Crippen LogP contribution in [0.4, 0.5) is 22.0 Å². The second-order valence-electron chi connectivity index (χ2n) is 8.71. The van der Waals surface area contributed by atoms with Crippen LogP contribution >= 0.6 is 0 Å². The van der Waals surface area contributed by atoms with Crippen LogP contribution in [0.15, 0.2) is 42.6 Å². The van der Waals surface area contributed by atoms with Crippen LogP contribution in [0.5, 0.6) is 0 Å². The van der Waals surface area contributed by atoms with Crippen molar-refractivity contribution < 1.29 is 9.59 Å². The number of para-hydroxylation sites is 1. The van der Waals surface area contributed by atoms with Gasteiger partial charge in [0.2, 0.25) is 0 Å². The maximum Gasteiger partial charge on any atom is 0.327 e. The fourth-order valence-electron chi connectivity index (χ4n) is 4.79. The number of likely N-dealkylation sites (tertiary alicyclic amines) is 1. The Kier molecular flexibility index (Phi) is 7.57. The minimum atomic E-state index is -0.282. The van der Waals surface area contributed by atoms with E-state index in [2.05, 4.69) is 39.3 Å². The van der Waals surface area contributed by atoms with Gasteiger partial charge in [-0.2, -0.15) is 0 Å². The predicted molar refractivity (Wildman–Crippen MR) is 131 cm³/mol. The van der Waals surface area contributed by atoms with Gasteiger partial charge in [-0.3, -0.25) is 4.79 Å². The van der Waals surface area contributed by atoms with Gasteiger partial charge in [0.15, 0.2) is 5.82 Å². The molecular formula is C25H34N6O2. The molecule has 8 nitrogen and oxygen atoms in total. The number of aromatic nitrogens is 1. The van der Waals surface area contributed by atoms with Crippen LogP contribution in [-0.4, -0.2) is 72.5 Å². The first-order valence-corrected chi connectivity index (χ1v) is 12.0. The van der Waals surface area contributed by atoms with Crippen molar-refractivity contribution in [3.63, 3.8) is 0 Å². The van der Waals surface area contributed by atoms with E-state index in [0.717, 1.165) is 39.3 Å². The predicted octanol–water partition coefficient (Wildman–Crippen LogP) is 3.55. The van der Waals surface area contributed by atoms with Crippen molar-refractivity contribution in [1.29, 1.82) is 0 Å². The summed E-state index contributed by atoms with van der Waals surface area (Å²) in [7, 11) is 0. The summed E-state index contributed by atoms with van der Waals surface area (Å²) >= 11 is 0. The third-order valence-electron chi connectivity index (χ3n) is 6.56. The lowest BCUT2D eigenvalue weighted by Gasteiger charge is -2.35. The smallest absolute Gasteiger partial charge is 0.327 e. The van der Waals surface area contributed by atoms with E-state index >= 15 is 0 Å². The molecule has 0 radical (unpaired) electrons. The largest absolute Gasteiger partial charge is 0.336 e. The molecule has 2 N–H and O–H groups in total. The number of nitrogens with zero attached hydrogens (tertiary/aromatic N) is 4. The van der Waals surface area contributed by atoms with Crippen molar-refractivity contribution in [1.82, 2.24) is 20.1 Å². The maximum absolute atomic E-state index is 13.3. The lowest BCUT2D eigenvalue weighted by molar-refractivity contribution is 0.102. The van der Waals surface area contributed by atoms with E-state index in [-0.39, 0.29) is 11.9 Å².